The number of furan rings is 1. The monoisotopic (exact) mass is 329 g/mol. The summed E-state index contributed by atoms with van der Waals surface area (Å²) in [5.41, 5.74) is 0. The third-order valence-electron chi connectivity index (χ3n) is 4.05. The summed E-state index contributed by atoms with van der Waals surface area (Å²) in [6.45, 7) is 1.01. The molecule has 1 saturated heterocycles. The average Bonchev–Trinajstić information content (AvgIpc) is 3.09. The van der Waals surface area contributed by atoms with Gasteiger partial charge < -0.3 is 19.2 Å². The van der Waals surface area contributed by atoms with Crippen LogP contribution in [0.25, 0.3) is 0 Å². The average molecular weight is 329 g/mol. The summed E-state index contributed by atoms with van der Waals surface area (Å²) < 4.78 is 11.1. The van der Waals surface area contributed by atoms with Crippen molar-refractivity contribution in [3.05, 3.63) is 54.0 Å². The van der Waals surface area contributed by atoms with E-state index in [1.165, 1.54) is 0 Å². The second-order valence-corrected chi connectivity index (χ2v) is 5.80. The van der Waals surface area contributed by atoms with Crippen LogP contribution in [-0.4, -0.2) is 35.0 Å². The third kappa shape index (κ3) is 3.76. The zero-order valence-electron chi connectivity index (χ0n) is 13.2. The molecule has 1 aromatic carbocycles. The summed E-state index contributed by atoms with van der Waals surface area (Å²) >= 11 is 0. The van der Waals surface area contributed by atoms with Gasteiger partial charge in [0.15, 0.2) is 5.76 Å². The van der Waals surface area contributed by atoms with Crippen molar-refractivity contribution >= 4 is 11.9 Å². The van der Waals surface area contributed by atoms with Crippen molar-refractivity contribution in [2.24, 2.45) is 5.92 Å². The van der Waals surface area contributed by atoms with E-state index in [9.17, 15) is 9.59 Å². The molecule has 1 aromatic heterocycles. The number of benzene rings is 1. The number of rotatable bonds is 5. The number of piperidine rings is 1. The predicted octanol–water partition coefficient (Wildman–Crippen LogP) is 2.80. The molecule has 0 bridgehead atoms. The first-order valence-corrected chi connectivity index (χ1v) is 7.92. The highest BCUT2D eigenvalue weighted by Gasteiger charge is 2.29. The predicted molar refractivity (Wildman–Crippen MR) is 85.7 cm³/mol. The van der Waals surface area contributed by atoms with Crippen LogP contribution in [0, 0.1) is 5.92 Å². The zero-order chi connectivity index (χ0) is 16.9. The molecular formula is C18H19NO5. The second kappa shape index (κ2) is 7.21. The van der Waals surface area contributed by atoms with Gasteiger partial charge in [-0.15, -0.1) is 0 Å². The molecule has 6 heteroatoms. The Morgan fingerprint density at radius 3 is 2.75 bits per heavy atom. The Balaban J connectivity index is 1.60. The highest BCUT2D eigenvalue weighted by molar-refractivity contribution is 5.92. The number of carboxylic acids is 1. The topological polar surface area (TPSA) is 80.0 Å². The lowest BCUT2D eigenvalue weighted by Crippen LogP contribution is -2.42. The molecule has 0 radical (unpaired) electrons. The zero-order valence-corrected chi connectivity index (χ0v) is 13.2. The van der Waals surface area contributed by atoms with Crippen LogP contribution in [0.4, 0.5) is 0 Å². The minimum Gasteiger partial charge on any atom is -0.486 e. The second-order valence-electron chi connectivity index (χ2n) is 5.80. The van der Waals surface area contributed by atoms with Gasteiger partial charge in [0.05, 0.1) is 5.92 Å². The lowest BCUT2D eigenvalue weighted by atomic mass is 9.98. The summed E-state index contributed by atoms with van der Waals surface area (Å²) in [6.07, 6.45) is 1.29. The van der Waals surface area contributed by atoms with E-state index in [-0.39, 0.29) is 24.8 Å². The van der Waals surface area contributed by atoms with Gasteiger partial charge >= 0.3 is 5.97 Å². The van der Waals surface area contributed by atoms with Crippen LogP contribution in [-0.2, 0) is 11.4 Å². The van der Waals surface area contributed by atoms with Crippen LogP contribution in [0.5, 0.6) is 5.75 Å². The first kappa shape index (κ1) is 16.1. The molecule has 0 spiro atoms. The number of para-hydroxylation sites is 1. The fourth-order valence-electron chi connectivity index (χ4n) is 2.76. The minimum absolute atomic E-state index is 0.215. The maximum Gasteiger partial charge on any atom is 0.308 e. The van der Waals surface area contributed by atoms with Gasteiger partial charge in [0.25, 0.3) is 5.91 Å². The van der Waals surface area contributed by atoms with Crippen molar-refractivity contribution < 1.29 is 23.8 Å². The number of amides is 1. The fraction of sp³-hybridized carbons (Fsp3) is 0.333. The molecule has 3 rings (SSSR count). The van der Waals surface area contributed by atoms with E-state index in [0.29, 0.717) is 25.1 Å². The number of hydrogen-bond donors (Lipinski definition) is 1. The van der Waals surface area contributed by atoms with E-state index in [2.05, 4.69) is 0 Å². The van der Waals surface area contributed by atoms with Gasteiger partial charge in [-0.25, -0.2) is 0 Å². The Bertz CT molecular complexity index is 709. The molecule has 1 aliphatic heterocycles. The van der Waals surface area contributed by atoms with Gasteiger partial charge in [0.2, 0.25) is 0 Å². The SMILES string of the molecule is O=C(O)C1CCCN(C(=O)c2ccc(COc3ccccc3)o2)C1. The summed E-state index contributed by atoms with van der Waals surface area (Å²) in [6, 6.07) is 12.7. The molecule has 1 aliphatic rings. The van der Waals surface area contributed by atoms with Crippen LogP contribution < -0.4 is 4.74 Å². The summed E-state index contributed by atoms with van der Waals surface area (Å²) in [4.78, 5) is 25.1. The molecule has 126 valence electrons. The Kier molecular flexibility index (Phi) is 4.84. The van der Waals surface area contributed by atoms with Crippen molar-refractivity contribution in [3.63, 3.8) is 0 Å². The Morgan fingerprint density at radius 2 is 2.00 bits per heavy atom. The highest BCUT2D eigenvalue weighted by atomic mass is 16.5. The molecule has 1 unspecified atom stereocenters. The number of carbonyl (C=O) groups is 2. The maximum atomic E-state index is 12.5. The molecule has 1 fully saturated rings. The smallest absolute Gasteiger partial charge is 0.308 e. The van der Waals surface area contributed by atoms with Crippen LogP contribution in [0.1, 0.15) is 29.2 Å². The van der Waals surface area contributed by atoms with Gasteiger partial charge in [-0.1, -0.05) is 18.2 Å². The highest BCUT2D eigenvalue weighted by Crippen LogP contribution is 2.20. The molecular weight excluding hydrogens is 310 g/mol. The van der Waals surface area contributed by atoms with Gasteiger partial charge in [0, 0.05) is 13.1 Å². The van der Waals surface area contributed by atoms with Gasteiger partial charge in [-0.05, 0) is 37.1 Å². The molecule has 6 nitrogen and oxygen atoms in total. The number of nitrogens with zero attached hydrogens (tertiary/aromatic N) is 1. The van der Waals surface area contributed by atoms with E-state index >= 15 is 0 Å². The van der Waals surface area contributed by atoms with Crippen molar-refractivity contribution in [1.82, 2.24) is 4.90 Å². The number of likely N-dealkylation sites (tertiary alicyclic amines) is 1. The van der Waals surface area contributed by atoms with E-state index in [1.54, 1.807) is 17.0 Å². The van der Waals surface area contributed by atoms with Crippen molar-refractivity contribution in [1.29, 1.82) is 0 Å². The Morgan fingerprint density at radius 1 is 1.21 bits per heavy atom. The molecule has 2 aromatic rings. The lowest BCUT2D eigenvalue weighted by molar-refractivity contribution is -0.143. The fourth-order valence-corrected chi connectivity index (χ4v) is 2.76. The standard InChI is InChI=1S/C18H19NO5/c20-17(19-10-4-5-13(11-19)18(21)22)16-9-8-15(24-16)12-23-14-6-2-1-3-7-14/h1-3,6-9,13H,4-5,10-12H2,(H,21,22). The molecule has 24 heavy (non-hydrogen) atoms. The third-order valence-corrected chi connectivity index (χ3v) is 4.05. The first-order chi connectivity index (χ1) is 11.6. The molecule has 2 heterocycles. The van der Waals surface area contributed by atoms with Crippen molar-refractivity contribution in [3.8, 4) is 5.75 Å². The van der Waals surface area contributed by atoms with E-state index in [1.807, 2.05) is 30.3 Å². The van der Waals surface area contributed by atoms with Gasteiger partial charge in [-0.2, -0.15) is 0 Å². The molecule has 1 atom stereocenters. The number of carbonyl (C=O) groups excluding carboxylic acids is 1. The van der Waals surface area contributed by atoms with Gasteiger partial charge in [-0.3, -0.25) is 9.59 Å². The Hall–Kier alpha value is -2.76. The van der Waals surface area contributed by atoms with E-state index in [0.717, 1.165) is 5.75 Å². The van der Waals surface area contributed by atoms with Crippen molar-refractivity contribution in [2.75, 3.05) is 13.1 Å². The van der Waals surface area contributed by atoms with Crippen LogP contribution in [0.15, 0.2) is 46.9 Å². The summed E-state index contributed by atoms with van der Waals surface area (Å²) in [5.74, 6) is -0.141. The summed E-state index contributed by atoms with van der Waals surface area (Å²) in [7, 11) is 0. The molecule has 0 saturated carbocycles. The number of ether oxygens (including phenoxy) is 1. The largest absolute Gasteiger partial charge is 0.486 e. The molecule has 1 N–H and O–H groups in total. The Labute approximate surface area is 139 Å². The maximum absolute atomic E-state index is 12.5. The van der Waals surface area contributed by atoms with E-state index in [4.69, 9.17) is 14.3 Å². The number of aliphatic carboxylic acids is 1. The lowest BCUT2D eigenvalue weighted by Gasteiger charge is -2.29. The minimum atomic E-state index is -0.858. The normalized spacial score (nSPS) is 17.5. The van der Waals surface area contributed by atoms with Crippen LogP contribution >= 0.6 is 0 Å². The number of hydrogen-bond acceptors (Lipinski definition) is 4. The van der Waals surface area contributed by atoms with Crippen LogP contribution in [0.3, 0.4) is 0 Å². The first-order valence-electron chi connectivity index (χ1n) is 7.92. The number of carboxylic acid groups (broad SMARTS) is 1. The summed E-state index contributed by atoms with van der Waals surface area (Å²) in [5, 5.41) is 9.11. The van der Waals surface area contributed by atoms with E-state index < -0.39 is 11.9 Å². The molecule has 0 aliphatic carbocycles. The quantitative estimate of drug-likeness (QED) is 0.912. The molecule has 1 amide bonds. The van der Waals surface area contributed by atoms with Crippen LogP contribution in [0.2, 0.25) is 0 Å². The van der Waals surface area contributed by atoms with Crippen molar-refractivity contribution in [2.45, 2.75) is 19.4 Å². The van der Waals surface area contributed by atoms with Gasteiger partial charge in [0.1, 0.15) is 18.1 Å².